The van der Waals surface area contributed by atoms with E-state index in [-0.39, 0.29) is 11.2 Å². The maximum Gasteiger partial charge on any atom is 0.174 e. The van der Waals surface area contributed by atoms with Crippen LogP contribution >= 0.6 is 27.3 Å². The van der Waals surface area contributed by atoms with Crippen LogP contribution in [0.3, 0.4) is 0 Å². The number of carbonyl (C=O) groups excluding carboxylic acids is 1. The Hall–Kier alpha value is -0.150. The quantitative estimate of drug-likeness (QED) is 0.712. The molecule has 0 amide bonds. The molecule has 0 bridgehead atoms. The van der Waals surface area contributed by atoms with Crippen LogP contribution in [0.4, 0.5) is 0 Å². The van der Waals surface area contributed by atoms with Crippen molar-refractivity contribution >= 4 is 33.0 Å². The number of hydrogen-bond acceptors (Lipinski definition) is 2. The topological polar surface area (TPSA) is 17.1 Å². The highest BCUT2D eigenvalue weighted by Gasteiger charge is 2.24. The molecule has 16 heavy (non-hydrogen) atoms. The van der Waals surface area contributed by atoms with Crippen LogP contribution in [0.5, 0.6) is 0 Å². The average Bonchev–Trinajstić information content (AvgIpc) is 2.43. The summed E-state index contributed by atoms with van der Waals surface area (Å²) in [5, 5.41) is 0. The van der Waals surface area contributed by atoms with Gasteiger partial charge in [0.25, 0.3) is 0 Å². The van der Waals surface area contributed by atoms with Gasteiger partial charge in [0, 0.05) is 15.8 Å². The summed E-state index contributed by atoms with van der Waals surface area (Å²) in [4.78, 5) is 14.2. The van der Waals surface area contributed by atoms with E-state index in [2.05, 4.69) is 43.6 Å². The first-order valence-corrected chi connectivity index (χ1v) is 7.12. The Balaban J connectivity index is 2.77. The zero-order chi connectivity index (χ0) is 12.5. The molecule has 0 aromatic carbocycles. The molecule has 3 heteroatoms. The Morgan fingerprint density at radius 2 is 2.06 bits per heavy atom. The van der Waals surface area contributed by atoms with Gasteiger partial charge in [0.1, 0.15) is 0 Å². The van der Waals surface area contributed by atoms with E-state index < -0.39 is 0 Å². The summed E-state index contributed by atoms with van der Waals surface area (Å²) < 4.78 is 0.945. The molecule has 0 radical (unpaired) electrons. The minimum atomic E-state index is 0.189. The molecule has 0 aliphatic heterocycles. The summed E-state index contributed by atoms with van der Waals surface area (Å²) in [6.07, 6.45) is 0.627. The van der Waals surface area contributed by atoms with Crippen molar-refractivity contribution in [2.45, 2.75) is 41.0 Å². The molecule has 0 N–H and O–H groups in total. The lowest BCUT2D eigenvalue weighted by Gasteiger charge is -2.26. The fourth-order valence-electron chi connectivity index (χ4n) is 1.35. The van der Waals surface area contributed by atoms with E-state index in [9.17, 15) is 4.79 Å². The fraction of sp³-hybridized carbons (Fsp3) is 0.615. The molecule has 0 aliphatic rings. The van der Waals surface area contributed by atoms with Gasteiger partial charge in [-0.1, -0.05) is 27.7 Å². The number of hydrogen-bond donors (Lipinski definition) is 0. The second-order valence-electron chi connectivity index (χ2n) is 5.43. The third-order valence-electron chi connectivity index (χ3n) is 3.03. The lowest BCUT2D eigenvalue weighted by atomic mass is 9.79. The van der Waals surface area contributed by atoms with Gasteiger partial charge >= 0.3 is 0 Å². The van der Waals surface area contributed by atoms with Crippen molar-refractivity contribution in [3.63, 3.8) is 0 Å². The van der Waals surface area contributed by atoms with Crippen LogP contribution in [0, 0.1) is 18.3 Å². The normalized spacial score (nSPS) is 13.9. The van der Waals surface area contributed by atoms with Gasteiger partial charge in [-0.2, -0.15) is 0 Å². The van der Waals surface area contributed by atoms with Crippen LogP contribution in [0.2, 0.25) is 0 Å². The minimum absolute atomic E-state index is 0.189. The van der Waals surface area contributed by atoms with E-state index >= 15 is 0 Å². The highest BCUT2D eigenvalue weighted by Crippen LogP contribution is 2.33. The van der Waals surface area contributed by atoms with Crippen LogP contribution in [-0.2, 0) is 0 Å². The van der Waals surface area contributed by atoms with Crippen molar-refractivity contribution in [1.29, 1.82) is 0 Å². The van der Waals surface area contributed by atoms with Crippen LogP contribution in [0.25, 0.3) is 0 Å². The molecular weight excluding hydrogens is 284 g/mol. The van der Waals surface area contributed by atoms with Crippen molar-refractivity contribution in [1.82, 2.24) is 0 Å². The Kier molecular flexibility index (Phi) is 4.35. The summed E-state index contributed by atoms with van der Waals surface area (Å²) in [6.45, 7) is 10.7. The third-order valence-corrected chi connectivity index (χ3v) is 5.01. The third kappa shape index (κ3) is 3.42. The molecule has 1 rings (SSSR count). The number of halogens is 1. The largest absolute Gasteiger partial charge is 0.293 e. The second-order valence-corrected chi connectivity index (χ2v) is 7.54. The van der Waals surface area contributed by atoms with Crippen molar-refractivity contribution in [3.8, 4) is 0 Å². The van der Waals surface area contributed by atoms with Crippen LogP contribution < -0.4 is 0 Å². The monoisotopic (exact) mass is 302 g/mol. The maximum atomic E-state index is 12.1. The summed E-state index contributed by atoms with van der Waals surface area (Å²) in [6, 6.07) is 2.01. The second kappa shape index (κ2) is 5.01. The van der Waals surface area contributed by atoms with Gasteiger partial charge in [-0.3, -0.25) is 4.79 Å². The number of ketones is 1. The molecule has 0 saturated heterocycles. The Morgan fingerprint density at radius 1 is 1.50 bits per heavy atom. The zero-order valence-corrected chi connectivity index (χ0v) is 13.0. The lowest BCUT2D eigenvalue weighted by Crippen LogP contribution is -2.20. The Labute approximate surface area is 110 Å². The van der Waals surface area contributed by atoms with E-state index in [1.54, 1.807) is 11.3 Å². The first kappa shape index (κ1) is 13.9. The van der Waals surface area contributed by atoms with Crippen molar-refractivity contribution < 1.29 is 4.79 Å². The summed E-state index contributed by atoms with van der Waals surface area (Å²) >= 11 is 5.03. The smallest absolute Gasteiger partial charge is 0.174 e. The number of thiophene rings is 1. The van der Waals surface area contributed by atoms with E-state index in [0.29, 0.717) is 12.3 Å². The molecule has 90 valence electrons. The molecular formula is C13H19BrOS. The molecule has 0 saturated carbocycles. The predicted octanol–water partition coefficient (Wildman–Crippen LogP) is 5.07. The van der Waals surface area contributed by atoms with Crippen molar-refractivity contribution in [2.24, 2.45) is 11.3 Å². The van der Waals surface area contributed by atoms with Gasteiger partial charge in [-0.15, -0.1) is 11.3 Å². The van der Waals surface area contributed by atoms with Crippen molar-refractivity contribution in [2.75, 3.05) is 0 Å². The number of rotatable bonds is 3. The average molecular weight is 303 g/mol. The molecule has 1 nitrogen and oxygen atoms in total. The van der Waals surface area contributed by atoms with Crippen LogP contribution in [0.1, 0.15) is 48.7 Å². The fourth-order valence-corrected chi connectivity index (χ4v) is 3.16. The lowest BCUT2D eigenvalue weighted by molar-refractivity contribution is 0.0930. The van der Waals surface area contributed by atoms with Crippen molar-refractivity contribution in [3.05, 3.63) is 20.3 Å². The SMILES string of the molecule is Cc1cc(Br)c(C(=O)CC(C)C(C)(C)C)s1. The summed E-state index contributed by atoms with van der Waals surface area (Å²) in [5.74, 6) is 0.654. The molecule has 0 fully saturated rings. The summed E-state index contributed by atoms with van der Waals surface area (Å²) in [7, 11) is 0. The highest BCUT2D eigenvalue weighted by molar-refractivity contribution is 9.10. The molecule has 0 spiro atoms. The van der Waals surface area contributed by atoms with Gasteiger partial charge < -0.3 is 0 Å². The molecule has 1 aromatic rings. The number of carbonyl (C=O) groups is 1. The predicted molar refractivity (Wildman–Crippen MR) is 74.3 cm³/mol. The molecule has 1 aromatic heterocycles. The maximum absolute atomic E-state index is 12.1. The molecule has 0 aliphatic carbocycles. The minimum Gasteiger partial charge on any atom is -0.293 e. The van der Waals surface area contributed by atoms with Gasteiger partial charge in [-0.25, -0.2) is 0 Å². The van der Waals surface area contributed by atoms with E-state index in [4.69, 9.17) is 0 Å². The molecule has 1 heterocycles. The van der Waals surface area contributed by atoms with E-state index in [0.717, 1.165) is 9.35 Å². The molecule has 1 atom stereocenters. The van der Waals surface area contributed by atoms with Crippen LogP contribution in [0.15, 0.2) is 10.5 Å². The summed E-state index contributed by atoms with van der Waals surface area (Å²) in [5.41, 5.74) is 0.189. The van der Waals surface area contributed by atoms with E-state index in [1.807, 2.05) is 13.0 Å². The number of aryl methyl sites for hydroxylation is 1. The first-order valence-electron chi connectivity index (χ1n) is 5.51. The molecule has 1 unspecified atom stereocenters. The Morgan fingerprint density at radius 3 is 2.44 bits per heavy atom. The van der Waals surface area contributed by atoms with Gasteiger partial charge in [0.05, 0.1) is 4.88 Å². The highest BCUT2D eigenvalue weighted by atomic mass is 79.9. The number of Topliss-reactive ketones (excluding diaryl/α,β-unsaturated/α-hetero) is 1. The van der Waals surface area contributed by atoms with Crippen LogP contribution in [-0.4, -0.2) is 5.78 Å². The van der Waals surface area contributed by atoms with E-state index in [1.165, 1.54) is 4.88 Å². The van der Waals surface area contributed by atoms with Gasteiger partial charge in [0.2, 0.25) is 0 Å². The zero-order valence-electron chi connectivity index (χ0n) is 10.6. The van der Waals surface area contributed by atoms with Gasteiger partial charge in [0.15, 0.2) is 5.78 Å². The Bertz CT molecular complexity index is 387. The first-order chi connectivity index (χ1) is 7.21. The van der Waals surface area contributed by atoms with Gasteiger partial charge in [-0.05, 0) is 40.3 Å². The standard InChI is InChI=1S/C13H19BrOS/c1-8(13(3,4)5)6-11(15)12-10(14)7-9(2)16-12/h7-8H,6H2,1-5H3.